The molecule has 0 saturated carbocycles. The molecule has 1 unspecified atom stereocenters. The molecule has 1 rings (SSSR count). The first-order chi connectivity index (χ1) is 6.16. The maximum atomic E-state index is 11.7. The Kier molecular flexibility index (Phi) is 4.42. The lowest BCUT2D eigenvalue weighted by Crippen LogP contribution is -1.97. The van der Waals surface area contributed by atoms with Gasteiger partial charge in [-0.3, -0.25) is 0 Å². The normalized spacial score (nSPS) is 12.9. The number of halogens is 2. The van der Waals surface area contributed by atoms with Crippen molar-refractivity contribution in [1.29, 1.82) is 0 Å². The number of hydrogen-bond acceptors (Lipinski definition) is 0. The van der Waals surface area contributed by atoms with Gasteiger partial charge in [0, 0.05) is 14.5 Å². The third-order valence-corrected chi connectivity index (χ3v) is 3.26. The summed E-state index contributed by atoms with van der Waals surface area (Å²) in [7, 11) is 0. The van der Waals surface area contributed by atoms with Gasteiger partial charge in [-0.15, -0.1) is 0 Å². The Morgan fingerprint density at radius 3 is 2.31 bits per heavy atom. The lowest BCUT2D eigenvalue weighted by Gasteiger charge is -2.11. The van der Waals surface area contributed by atoms with Gasteiger partial charge in [0.1, 0.15) is 6.10 Å². The van der Waals surface area contributed by atoms with Gasteiger partial charge in [0.2, 0.25) is 0 Å². The van der Waals surface area contributed by atoms with Gasteiger partial charge in [0.05, 0.1) is 0 Å². The Hall–Kier alpha value is 0.140. The summed E-state index contributed by atoms with van der Waals surface area (Å²) in [5.74, 6) is 0. The highest BCUT2D eigenvalue weighted by atomic mass is 79.9. The highest BCUT2D eigenvalue weighted by Gasteiger charge is 2.14. The van der Waals surface area contributed by atoms with Crippen LogP contribution in [0.1, 0.15) is 31.4 Å². The van der Waals surface area contributed by atoms with Crippen LogP contribution in [0.5, 0.6) is 0 Å². The molecule has 3 heteroatoms. The summed E-state index contributed by atoms with van der Waals surface area (Å²) in [5.41, 5.74) is 0.837. The van der Waals surface area contributed by atoms with E-state index in [9.17, 15) is 5.11 Å². The van der Waals surface area contributed by atoms with E-state index in [0.29, 0.717) is 6.42 Å². The van der Waals surface area contributed by atoms with Crippen LogP contribution in [0, 0.1) is 0 Å². The molecule has 1 atom stereocenters. The van der Waals surface area contributed by atoms with Crippen LogP contribution in [-0.4, -0.2) is 0 Å². The Morgan fingerprint density at radius 1 is 1.31 bits per heavy atom. The molecule has 0 spiro atoms. The van der Waals surface area contributed by atoms with Crippen molar-refractivity contribution in [2.75, 3.05) is 0 Å². The van der Waals surface area contributed by atoms with E-state index < -0.39 is 6.10 Å². The fourth-order valence-corrected chi connectivity index (χ4v) is 2.73. The molecule has 0 aliphatic rings. The zero-order valence-electron chi connectivity index (χ0n) is 7.39. The minimum absolute atomic E-state index is 0.630. The van der Waals surface area contributed by atoms with Crippen LogP contribution in [0.2, 0.25) is 0 Å². The molecule has 0 heterocycles. The van der Waals surface area contributed by atoms with Crippen LogP contribution in [0.15, 0.2) is 27.1 Å². The van der Waals surface area contributed by atoms with Gasteiger partial charge in [0.15, 0.2) is 0 Å². The van der Waals surface area contributed by atoms with Crippen LogP contribution < -0.4 is 0 Å². The lowest BCUT2D eigenvalue weighted by atomic mass is 10.1. The van der Waals surface area contributed by atoms with E-state index in [1.807, 2.05) is 25.1 Å². The van der Waals surface area contributed by atoms with Crippen molar-refractivity contribution in [1.82, 2.24) is 0 Å². The maximum absolute atomic E-state index is 11.7. The molecule has 0 saturated heterocycles. The topological polar surface area (TPSA) is 19.9 Å². The van der Waals surface area contributed by atoms with Gasteiger partial charge in [0.25, 0.3) is 0 Å². The second-order valence-electron chi connectivity index (χ2n) is 2.91. The molecule has 71 valence electrons. The van der Waals surface area contributed by atoms with Crippen LogP contribution >= 0.6 is 31.9 Å². The van der Waals surface area contributed by atoms with E-state index in [2.05, 4.69) is 31.9 Å². The van der Waals surface area contributed by atoms with Gasteiger partial charge in [-0.25, -0.2) is 5.11 Å². The Balaban J connectivity index is 2.98. The largest absolute Gasteiger partial charge is 0.228 e. The maximum Gasteiger partial charge on any atom is 0.120 e. The number of rotatable bonds is 3. The van der Waals surface area contributed by atoms with Gasteiger partial charge >= 0.3 is 0 Å². The first-order valence-electron chi connectivity index (χ1n) is 4.26. The molecule has 0 fully saturated rings. The summed E-state index contributed by atoms with van der Waals surface area (Å²) in [6.07, 6.45) is 0.971. The molecule has 0 aliphatic heterocycles. The first-order valence-corrected chi connectivity index (χ1v) is 5.85. The zero-order chi connectivity index (χ0) is 9.84. The molecular formula is C10H11Br2O. The predicted molar refractivity (Wildman–Crippen MR) is 60.2 cm³/mol. The van der Waals surface area contributed by atoms with Crippen LogP contribution in [0.3, 0.4) is 0 Å². The van der Waals surface area contributed by atoms with Crippen molar-refractivity contribution < 1.29 is 5.11 Å². The van der Waals surface area contributed by atoms with Crippen LogP contribution in [0.4, 0.5) is 0 Å². The zero-order valence-corrected chi connectivity index (χ0v) is 10.6. The van der Waals surface area contributed by atoms with Crippen molar-refractivity contribution >= 4 is 31.9 Å². The molecule has 0 bridgehead atoms. The molecule has 0 amide bonds. The van der Waals surface area contributed by atoms with E-state index >= 15 is 0 Å². The van der Waals surface area contributed by atoms with E-state index in [4.69, 9.17) is 0 Å². The standard InChI is InChI=1S/C10H11Br2O/c1-2-4-9(13)10-7(11)5-3-6-8(10)12/h3,5-6,9H,2,4H2,1H3. The Labute approximate surface area is 95.4 Å². The van der Waals surface area contributed by atoms with E-state index in [1.165, 1.54) is 0 Å². The van der Waals surface area contributed by atoms with E-state index in [-0.39, 0.29) is 0 Å². The molecule has 1 radical (unpaired) electrons. The van der Waals surface area contributed by atoms with E-state index in [0.717, 1.165) is 20.9 Å². The predicted octanol–water partition coefficient (Wildman–Crippen LogP) is 4.48. The van der Waals surface area contributed by atoms with Gasteiger partial charge in [-0.2, -0.15) is 0 Å². The minimum Gasteiger partial charge on any atom is -0.228 e. The molecule has 1 aromatic carbocycles. The molecular weight excluding hydrogens is 296 g/mol. The van der Waals surface area contributed by atoms with Crippen molar-refractivity contribution in [3.05, 3.63) is 32.7 Å². The minimum atomic E-state index is -0.630. The average molecular weight is 307 g/mol. The SMILES string of the molecule is CCCC([O])c1c(Br)cccc1Br. The van der Waals surface area contributed by atoms with Gasteiger partial charge < -0.3 is 0 Å². The molecule has 1 nitrogen and oxygen atoms in total. The molecule has 0 aliphatic carbocycles. The summed E-state index contributed by atoms with van der Waals surface area (Å²) >= 11 is 6.78. The van der Waals surface area contributed by atoms with Crippen molar-refractivity contribution in [2.24, 2.45) is 0 Å². The summed E-state index contributed by atoms with van der Waals surface area (Å²) in [6, 6.07) is 5.72. The van der Waals surface area contributed by atoms with Gasteiger partial charge in [-0.1, -0.05) is 51.3 Å². The van der Waals surface area contributed by atoms with Crippen molar-refractivity contribution in [3.8, 4) is 0 Å². The summed E-state index contributed by atoms with van der Waals surface area (Å²) in [4.78, 5) is 0. The van der Waals surface area contributed by atoms with Gasteiger partial charge in [-0.05, 0) is 18.6 Å². The molecule has 13 heavy (non-hydrogen) atoms. The van der Waals surface area contributed by atoms with Crippen LogP contribution in [-0.2, 0) is 5.11 Å². The van der Waals surface area contributed by atoms with Crippen molar-refractivity contribution in [2.45, 2.75) is 25.9 Å². The molecule has 0 N–H and O–H groups in total. The lowest BCUT2D eigenvalue weighted by molar-refractivity contribution is 0.0793. The second kappa shape index (κ2) is 5.13. The third kappa shape index (κ3) is 2.79. The Morgan fingerprint density at radius 2 is 1.85 bits per heavy atom. The summed E-state index contributed by atoms with van der Waals surface area (Å²) < 4.78 is 1.80. The average Bonchev–Trinajstić information content (AvgIpc) is 2.04. The fraction of sp³-hybridized carbons (Fsp3) is 0.400. The molecule has 0 aromatic heterocycles. The number of benzene rings is 1. The Bertz CT molecular complexity index is 266. The third-order valence-electron chi connectivity index (χ3n) is 1.87. The summed E-state index contributed by atoms with van der Waals surface area (Å²) in [6.45, 7) is 2.02. The molecule has 1 aromatic rings. The van der Waals surface area contributed by atoms with Crippen LogP contribution in [0.25, 0.3) is 0 Å². The fourth-order valence-electron chi connectivity index (χ4n) is 1.22. The highest BCUT2D eigenvalue weighted by Crippen LogP contribution is 2.33. The summed E-state index contributed by atoms with van der Waals surface area (Å²) in [5, 5.41) is 11.7. The monoisotopic (exact) mass is 305 g/mol. The van der Waals surface area contributed by atoms with Crippen molar-refractivity contribution in [3.63, 3.8) is 0 Å². The quantitative estimate of drug-likeness (QED) is 0.784. The highest BCUT2D eigenvalue weighted by molar-refractivity contribution is 9.11. The van der Waals surface area contributed by atoms with E-state index in [1.54, 1.807) is 0 Å². The number of hydrogen-bond donors (Lipinski definition) is 0. The second-order valence-corrected chi connectivity index (χ2v) is 4.62. The first kappa shape index (κ1) is 11.2. The smallest absolute Gasteiger partial charge is 0.120 e.